The van der Waals surface area contributed by atoms with E-state index >= 15 is 0 Å². The molecular formula is C21H30N4O2S. The van der Waals surface area contributed by atoms with Crippen molar-refractivity contribution in [2.75, 3.05) is 0 Å². The highest BCUT2D eigenvalue weighted by Crippen LogP contribution is 2.60. The van der Waals surface area contributed by atoms with Crippen LogP contribution < -0.4 is 5.32 Å². The minimum atomic E-state index is -0.884. The van der Waals surface area contributed by atoms with Crippen LogP contribution >= 0.6 is 11.8 Å². The predicted octanol–water partition coefficient (Wildman–Crippen LogP) is 4.07. The largest absolute Gasteiger partial charge is 0.415 e. The maximum atomic E-state index is 12.6. The maximum absolute atomic E-state index is 12.6. The van der Waals surface area contributed by atoms with Crippen molar-refractivity contribution in [3.8, 4) is 6.07 Å². The molecule has 1 aromatic rings. The van der Waals surface area contributed by atoms with Gasteiger partial charge in [-0.2, -0.15) is 5.26 Å². The molecule has 4 aliphatic carbocycles. The van der Waals surface area contributed by atoms with Crippen molar-refractivity contribution in [2.24, 2.45) is 23.7 Å². The van der Waals surface area contributed by atoms with Gasteiger partial charge in [-0.25, -0.2) is 0 Å². The summed E-state index contributed by atoms with van der Waals surface area (Å²) >= 11 is 1.28. The van der Waals surface area contributed by atoms with Crippen molar-refractivity contribution in [2.45, 2.75) is 87.6 Å². The quantitative estimate of drug-likeness (QED) is 0.721. The number of hydrogen-bond donors (Lipinski definition) is 1. The topological polar surface area (TPSA) is 91.8 Å². The van der Waals surface area contributed by atoms with E-state index in [2.05, 4.69) is 21.6 Å². The molecule has 7 heteroatoms. The standard InChI is InChI=1S/C21H30N4O2S/c1-12(2)20(4,11-22)23-17(26)13(3)28-19-25-24-18(27-19)21-8-14-5-15(9-21)7-16(6-14)10-21/h12-16H,5-10H2,1-4H3,(H,23,26)/t13-,14?,15?,16?,20-,21?/m0/s1. The number of hydrogen-bond acceptors (Lipinski definition) is 6. The fourth-order valence-electron chi connectivity index (χ4n) is 5.71. The Hall–Kier alpha value is -1.55. The summed E-state index contributed by atoms with van der Waals surface area (Å²) in [4.78, 5) is 12.6. The van der Waals surface area contributed by atoms with E-state index in [-0.39, 0.29) is 17.2 Å². The summed E-state index contributed by atoms with van der Waals surface area (Å²) in [6, 6.07) is 2.21. The van der Waals surface area contributed by atoms with Crippen LogP contribution in [0.2, 0.25) is 0 Å². The van der Waals surface area contributed by atoms with E-state index in [1.165, 1.54) is 50.3 Å². The summed E-state index contributed by atoms with van der Waals surface area (Å²) < 4.78 is 6.09. The first-order chi connectivity index (χ1) is 13.2. The normalized spacial score (nSPS) is 34.1. The lowest BCUT2D eigenvalue weighted by Crippen LogP contribution is -2.51. The smallest absolute Gasteiger partial charge is 0.277 e. The lowest BCUT2D eigenvalue weighted by Gasteiger charge is -2.55. The summed E-state index contributed by atoms with van der Waals surface area (Å²) in [7, 11) is 0. The zero-order valence-corrected chi connectivity index (χ0v) is 18.0. The van der Waals surface area contributed by atoms with E-state index in [1.54, 1.807) is 6.92 Å². The van der Waals surface area contributed by atoms with Crippen molar-refractivity contribution < 1.29 is 9.21 Å². The number of aromatic nitrogens is 2. The van der Waals surface area contributed by atoms with Crippen LogP contribution in [0.25, 0.3) is 0 Å². The minimum absolute atomic E-state index is 0.0183. The van der Waals surface area contributed by atoms with Crippen LogP contribution in [0.3, 0.4) is 0 Å². The Morgan fingerprint density at radius 3 is 2.29 bits per heavy atom. The Labute approximate surface area is 171 Å². The fraction of sp³-hybridized carbons (Fsp3) is 0.810. The molecule has 0 unspecified atom stereocenters. The molecule has 4 bridgehead atoms. The molecule has 0 aliphatic heterocycles. The molecule has 2 atom stereocenters. The van der Waals surface area contributed by atoms with E-state index in [0.29, 0.717) is 5.22 Å². The highest BCUT2D eigenvalue weighted by Gasteiger charge is 2.54. The lowest BCUT2D eigenvalue weighted by atomic mass is 9.49. The van der Waals surface area contributed by atoms with Gasteiger partial charge in [0.05, 0.1) is 11.3 Å². The van der Waals surface area contributed by atoms with E-state index in [9.17, 15) is 10.1 Å². The molecule has 4 aliphatic rings. The van der Waals surface area contributed by atoms with Crippen LogP contribution in [-0.2, 0) is 10.2 Å². The summed E-state index contributed by atoms with van der Waals surface area (Å²) in [6.45, 7) is 7.42. The number of nitrogens with one attached hydrogen (secondary N) is 1. The van der Waals surface area contributed by atoms with Crippen molar-refractivity contribution >= 4 is 17.7 Å². The van der Waals surface area contributed by atoms with Crippen molar-refractivity contribution in [3.63, 3.8) is 0 Å². The van der Waals surface area contributed by atoms with Crippen LogP contribution in [0, 0.1) is 35.0 Å². The Morgan fingerprint density at radius 1 is 1.21 bits per heavy atom. The van der Waals surface area contributed by atoms with Gasteiger partial charge < -0.3 is 9.73 Å². The average Bonchev–Trinajstić information content (AvgIpc) is 3.09. The SMILES string of the molecule is CC(C)[C@](C)(C#N)NC(=O)[C@H](C)Sc1nnc(C23CC4CC(CC(C4)C2)C3)o1. The fourth-order valence-corrected chi connectivity index (χ4v) is 6.39. The monoisotopic (exact) mass is 402 g/mol. The molecule has 0 radical (unpaired) electrons. The second-order valence-electron chi connectivity index (χ2n) is 9.79. The van der Waals surface area contributed by atoms with Crippen LogP contribution in [0.1, 0.15) is 72.1 Å². The van der Waals surface area contributed by atoms with Gasteiger partial charge >= 0.3 is 0 Å². The highest BCUT2D eigenvalue weighted by molar-refractivity contribution is 8.00. The first-order valence-electron chi connectivity index (χ1n) is 10.5. The van der Waals surface area contributed by atoms with E-state index in [0.717, 1.165) is 23.6 Å². The number of nitrogens with zero attached hydrogens (tertiary/aromatic N) is 3. The van der Waals surface area contributed by atoms with Crippen molar-refractivity contribution in [3.05, 3.63) is 5.89 Å². The number of thioether (sulfide) groups is 1. The molecule has 1 N–H and O–H groups in total. The number of nitriles is 1. The van der Waals surface area contributed by atoms with E-state index in [4.69, 9.17) is 4.42 Å². The van der Waals surface area contributed by atoms with Crippen LogP contribution in [0.4, 0.5) is 0 Å². The van der Waals surface area contributed by atoms with Crippen molar-refractivity contribution in [1.82, 2.24) is 15.5 Å². The van der Waals surface area contributed by atoms with Gasteiger partial charge in [-0.05, 0) is 76.0 Å². The molecule has 0 spiro atoms. The summed E-state index contributed by atoms with van der Waals surface area (Å²) in [5, 5.41) is 21.0. The second-order valence-corrected chi connectivity index (χ2v) is 11.1. The van der Waals surface area contributed by atoms with E-state index < -0.39 is 10.8 Å². The molecule has 1 heterocycles. The number of carbonyl (C=O) groups excluding carboxylic acids is 1. The van der Waals surface area contributed by atoms with Gasteiger partial charge in [0.1, 0.15) is 5.54 Å². The Bertz CT molecular complexity index is 763. The van der Waals surface area contributed by atoms with Gasteiger partial charge in [-0.3, -0.25) is 4.79 Å². The molecule has 4 saturated carbocycles. The number of carbonyl (C=O) groups is 1. The van der Waals surface area contributed by atoms with Gasteiger partial charge in [0.2, 0.25) is 11.8 Å². The maximum Gasteiger partial charge on any atom is 0.277 e. The van der Waals surface area contributed by atoms with Gasteiger partial charge in [0.25, 0.3) is 5.22 Å². The lowest BCUT2D eigenvalue weighted by molar-refractivity contribution is -0.121. The molecule has 1 aromatic heterocycles. The molecule has 28 heavy (non-hydrogen) atoms. The Morgan fingerprint density at radius 2 is 1.79 bits per heavy atom. The minimum Gasteiger partial charge on any atom is -0.415 e. The van der Waals surface area contributed by atoms with Gasteiger partial charge in [-0.15, -0.1) is 10.2 Å². The van der Waals surface area contributed by atoms with Gasteiger partial charge in [0, 0.05) is 5.41 Å². The van der Waals surface area contributed by atoms with Crippen LogP contribution in [0.5, 0.6) is 0 Å². The third kappa shape index (κ3) is 3.45. The third-order valence-corrected chi connectivity index (χ3v) is 8.25. The van der Waals surface area contributed by atoms with Gasteiger partial charge in [0.15, 0.2) is 0 Å². The summed E-state index contributed by atoms with van der Waals surface area (Å²) in [5.41, 5.74) is -0.811. The second kappa shape index (κ2) is 7.05. The average molecular weight is 403 g/mol. The summed E-state index contributed by atoms with van der Waals surface area (Å²) in [5.74, 6) is 3.07. The molecule has 0 aromatic carbocycles. The molecule has 4 fully saturated rings. The number of amides is 1. The molecule has 152 valence electrons. The molecule has 6 nitrogen and oxygen atoms in total. The highest BCUT2D eigenvalue weighted by atomic mass is 32.2. The first-order valence-corrected chi connectivity index (χ1v) is 11.3. The van der Waals surface area contributed by atoms with Crippen LogP contribution in [0.15, 0.2) is 9.64 Å². The Kier molecular flexibility index (Phi) is 4.97. The summed E-state index contributed by atoms with van der Waals surface area (Å²) in [6.07, 6.45) is 7.65. The predicted molar refractivity (Wildman–Crippen MR) is 106 cm³/mol. The first kappa shape index (κ1) is 19.8. The molecule has 1 amide bonds. The molecule has 0 saturated heterocycles. The Balaban J connectivity index is 1.43. The third-order valence-electron chi connectivity index (χ3n) is 7.32. The zero-order valence-electron chi connectivity index (χ0n) is 17.2. The molecular weight excluding hydrogens is 372 g/mol. The van der Waals surface area contributed by atoms with E-state index in [1.807, 2.05) is 20.8 Å². The van der Waals surface area contributed by atoms with Crippen molar-refractivity contribution in [1.29, 1.82) is 5.26 Å². The number of rotatable bonds is 6. The molecule has 5 rings (SSSR count). The van der Waals surface area contributed by atoms with Crippen LogP contribution in [-0.4, -0.2) is 26.9 Å². The zero-order chi connectivity index (χ0) is 20.1. The van der Waals surface area contributed by atoms with Gasteiger partial charge in [-0.1, -0.05) is 25.6 Å².